The number of morpholine rings is 1. The largest absolute Gasteiger partial charge is 0.452 e. The summed E-state index contributed by atoms with van der Waals surface area (Å²) >= 11 is 0. The molecule has 4 atom stereocenters. The average molecular weight is 733 g/mol. The summed E-state index contributed by atoms with van der Waals surface area (Å²) in [4.78, 5) is 38.8. The van der Waals surface area contributed by atoms with E-state index in [1.165, 1.54) is 12.1 Å². The van der Waals surface area contributed by atoms with Crippen molar-refractivity contribution in [2.75, 3.05) is 38.3 Å². The van der Waals surface area contributed by atoms with E-state index in [0.717, 1.165) is 37.4 Å². The number of ether oxygens (including phenoxy) is 3. The fourth-order valence-electron chi connectivity index (χ4n) is 5.43. The number of nitrogens with one attached hydrogen (secondary N) is 2. The van der Waals surface area contributed by atoms with Crippen LogP contribution in [0.1, 0.15) is 29.0 Å². The lowest BCUT2D eigenvalue weighted by molar-refractivity contribution is -0.124. The van der Waals surface area contributed by atoms with Crippen LogP contribution >= 0.6 is 0 Å². The Bertz CT molecular complexity index is 1680. The molecule has 3 amide bonds. The van der Waals surface area contributed by atoms with E-state index in [1.54, 1.807) is 5.32 Å². The van der Waals surface area contributed by atoms with Gasteiger partial charge < -0.3 is 30.6 Å². The molecule has 10 nitrogen and oxygen atoms in total. The molecule has 3 aromatic rings. The maximum atomic E-state index is 15.6. The van der Waals surface area contributed by atoms with Crippen molar-refractivity contribution in [3.05, 3.63) is 100 Å². The number of hydrogen-bond acceptors (Lipinski definition) is 8. The average Bonchev–Trinajstić information content (AvgIpc) is 3.08. The van der Waals surface area contributed by atoms with Gasteiger partial charge in [-0.15, -0.1) is 0 Å². The number of halogens is 8. The van der Waals surface area contributed by atoms with Crippen LogP contribution in [0.15, 0.2) is 54.6 Å². The summed E-state index contributed by atoms with van der Waals surface area (Å²) in [7, 11) is 0.867. The van der Waals surface area contributed by atoms with Gasteiger partial charge in [0.05, 0.1) is 37.6 Å². The molecular formula is C33H32F8N4O6. The van der Waals surface area contributed by atoms with Crippen molar-refractivity contribution < 1.29 is 63.7 Å². The van der Waals surface area contributed by atoms with Gasteiger partial charge >= 0.3 is 18.4 Å². The second kappa shape index (κ2) is 16.9. The molecular weight excluding hydrogens is 700 g/mol. The van der Waals surface area contributed by atoms with E-state index in [0.29, 0.717) is 12.1 Å². The first kappa shape index (κ1) is 39.0. The third-order valence-electron chi connectivity index (χ3n) is 7.83. The first-order valence-electron chi connectivity index (χ1n) is 15.3. The molecule has 276 valence electrons. The third kappa shape index (κ3) is 10.4. The molecule has 1 aliphatic heterocycles. The van der Waals surface area contributed by atoms with Gasteiger partial charge in [-0.2, -0.15) is 13.2 Å². The highest BCUT2D eigenvalue weighted by molar-refractivity contribution is 6.15. The fourth-order valence-corrected chi connectivity index (χ4v) is 5.43. The van der Waals surface area contributed by atoms with Crippen LogP contribution in [-0.4, -0.2) is 75.9 Å². The zero-order valence-corrected chi connectivity index (χ0v) is 26.7. The van der Waals surface area contributed by atoms with Crippen LogP contribution in [-0.2, 0) is 25.4 Å². The highest BCUT2D eigenvalue weighted by atomic mass is 19.4. The van der Waals surface area contributed by atoms with Gasteiger partial charge in [0.2, 0.25) is 0 Å². The number of alkyl carbamates (subject to hydrolysis) is 1. The Kier molecular flexibility index (Phi) is 12.9. The number of carbonyl (C=O) groups is 3. The molecule has 1 heterocycles. The maximum Gasteiger partial charge on any atom is 0.421 e. The molecule has 4 rings (SSSR count). The minimum atomic E-state index is -4.62. The van der Waals surface area contributed by atoms with Crippen LogP contribution < -0.4 is 21.3 Å². The van der Waals surface area contributed by atoms with Gasteiger partial charge in [-0.3, -0.25) is 4.79 Å². The van der Waals surface area contributed by atoms with Gasteiger partial charge in [0, 0.05) is 24.1 Å². The summed E-state index contributed by atoms with van der Waals surface area (Å²) in [5.41, 5.74) is 4.97. The van der Waals surface area contributed by atoms with Gasteiger partial charge in [0.25, 0.3) is 5.91 Å². The van der Waals surface area contributed by atoms with E-state index in [1.807, 2.05) is 0 Å². The standard InChI is InChI=1S/C33H32F8N4O6/c1-49-32(48)45(30(46)28(42)27(17-2-4-19(34)5-3-17)18-10-20(35)12-21(36)11-18)29-24(25(37)8-9-26(29)38)7-6-23-13-43-22(14-50-23)15-51-31(47)44-16-33(39,40)41/h2-5,8-12,22-23,27-28,43H,6-7,13-16,42H2,1H3,(H,44,47)/t22-,23+,27-,28-/m0/s1. The zero-order valence-electron chi connectivity index (χ0n) is 26.7. The van der Waals surface area contributed by atoms with E-state index >= 15 is 8.78 Å². The van der Waals surface area contributed by atoms with E-state index in [-0.39, 0.29) is 48.6 Å². The Labute approximate surface area is 285 Å². The summed E-state index contributed by atoms with van der Waals surface area (Å²) in [5, 5.41) is 4.52. The van der Waals surface area contributed by atoms with Gasteiger partial charge in [0.1, 0.15) is 42.2 Å². The minimum Gasteiger partial charge on any atom is -0.452 e. The van der Waals surface area contributed by atoms with Crippen LogP contribution in [0.5, 0.6) is 0 Å². The fraction of sp³-hybridized carbons (Fsp3) is 0.364. The molecule has 1 aliphatic rings. The molecule has 4 N–H and O–H groups in total. The highest BCUT2D eigenvalue weighted by Gasteiger charge is 2.39. The summed E-state index contributed by atoms with van der Waals surface area (Å²) in [6, 6.07) is 5.65. The van der Waals surface area contributed by atoms with E-state index in [4.69, 9.17) is 19.9 Å². The summed E-state index contributed by atoms with van der Waals surface area (Å²) in [6.45, 7) is -1.91. The zero-order chi connectivity index (χ0) is 37.5. The first-order chi connectivity index (χ1) is 24.1. The van der Waals surface area contributed by atoms with Crippen molar-refractivity contribution in [3.63, 3.8) is 0 Å². The van der Waals surface area contributed by atoms with Crippen molar-refractivity contribution in [3.8, 4) is 0 Å². The van der Waals surface area contributed by atoms with Crippen LogP contribution in [0, 0.1) is 29.1 Å². The number of hydrogen-bond donors (Lipinski definition) is 3. The Morgan fingerprint density at radius 3 is 2.20 bits per heavy atom. The highest BCUT2D eigenvalue weighted by Crippen LogP contribution is 2.34. The molecule has 1 fully saturated rings. The number of rotatable bonds is 11. The van der Waals surface area contributed by atoms with E-state index in [9.17, 15) is 40.7 Å². The van der Waals surface area contributed by atoms with Crippen molar-refractivity contribution in [2.45, 2.75) is 43.1 Å². The summed E-state index contributed by atoms with van der Waals surface area (Å²) < 4.78 is 125. The topological polar surface area (TPSA) is 132 Å². The number of alkyl halides is 3. The second-order valence-electron chi connectivity index (χ2n) is 11.4. The number of methoxy groups -OCH3 is 1. The lowest BCUT2D eigenvalue weighted by Gasteiger charge is -2.31. The summed E-state index contributed by atoms with van der Waals surface area (Å²) in [6.07, 6.45) is -8.38. The van der Waals surface area contributed by atoms with Crippen molar-refractivity contribution in [1.82, 2.24) is 10.6 Å². The van der Waals surface area contributed by atoms with E-state index < -0.39 is 95.3 Å². The third-order valence-corrected chi connectivity index (χ3v) is 7.83. The van der Waals surface area contributed by atoms with E-state index in [2.05, 4.69) is 5.32 Å². The van der Waals surface area contributed by atoms with Gasteiger partial charge in [0.15, 0.2) is 0 Å². The lowest BCUT2D eigenvalue weighted by atomic mass is 9.84. The van der Waals surface area contributed by atoms with Crippen molar-refractivity contribution in [2.24, 2.45) is 5.73 Å². The number of nitrogens with two attached hydrogens (primary N) is 1. The number of anilines is 1. The number of carbonyl (C=O) groups excluding carboxylic acids is 3. The smallest absolute Gasteiger partial charge is 0.421 e. The monoisotopic (exact) mass is 732 g/mol. The number of benzene rings is 3. The summed E-state index contributed by atoms with van der Waals surface area (Å²) in [5.74, 6) is -7.79. The second-order valence-corrected chi connectivity index (χ2v) is 11.4. The van der Waals surface area contributed by atoms with Crippen molar-refractivity contribution >= 4 is 23.8 Å². The first-order valence-corrected chi connectivity index (χ1v) is 15.3. The molecule has 51 heavy (non-hydrogen) atoms. The Balaban J connectivity index is 1.55. The molecule has 0 aromatic heterocycles. The van der Waals surface area contributed by atoms with Crippen LogP contribution in [0.4, 0.5) is 50.4 Å². The van der Waals surface area contributed by atoms with Gasteiger partial charge in [-0.25, -0.2) is 36.4 Å². The SMILES string of the molecule is COC(=O)N(C(=O)[C@@H](N)[C@@H](c1ccc(F)cc1)c1cc(F)cc(F)c1)c1c(F)ccc(F)c1CC[C@@H]1CN[C@H](COC(=O)NCC(F)(F)F)CO1. The molecule has 0 bridgehead atoms. The molecule has 18 heteroatoms. The van der Waals surface area contributed by atoms with Crippen LogP contribution in [0.3, 0.4) is 0 Å². The Morgan fingerprint density at radius 2 is 1.61 bits per heavy atom. The quantitative estimate of drug-likeness (QED) is 0.229. The number of imide groups is 1. The number of amides is 3. The molecule has 0 spiro atoms. The molecule has 0 saturated carbocycles. The number of nitrogens with zero attached hydrogens (tertiary/aromatic N) is 1. The Morgan fingerprint density at radius 1 is 0.961 bits per heavy atom. The molecule has 0 radical (unpaired) electrons. The molecule has 0 aliphatic carbocycles. The van der Waals surface area contributed by atoms with Crippen molar-refractivity contribution in [1.29, 1.82) is 0 Å². The van der Waals surface area contributed by atoms with Crippen LogP contribution in [0.2, 0.25) is 0 Å². The minimum absolute atomic E-state index is 0.0178. The van der Waals surface area contributed by atoms with Crippen LogP contribution in [0.25, 0.3) is 0 Å². The van der Waals surface area contributed by atoms with Gasteiger partial charge in [-0.1, -0.05) is 12.1 Å². The maximum absolute atomic E-state index is 15.6. The predicted molar refractivity (Wildman–Crippen MR) is 164 cm³/mol. The lowest BCUT2D eigenvalue weighted by Crippen LogP contribution is -2.51. The predicted octanol–water partition coefficient (Wildman–Crippen LogP) is 5.22. The molecule has 1 saturated heterocycles. The molecule has 3 aromatic carbocycles. The Hall–Kier alpha value is -4.81. The van der Waals surface area contributed by atoms with Gasteiger partial charge in [-0.05, 0) is 60.4 Å². The molecule has 0 unspecified atom stereocenters. The normalized spacial score (nSPS) is 17.3.